The number of anilines is 1. The van der Waals surface area contributed by atoms with Gasteiger partial charge in [-0.05, 0) is 52.6 Å². The predicted octanol–water partition coefficient (Wildman–Crippen LogP) is 8.41. The number of fused-ring (bicyclic) bond motifs is 9. The number of benzene rings is 4. The van der Waals surface area contributed by atoms with Crippen molar-refractivity contribution < 1.29 is 13.6 Å². The minimum Gasteiger partial charge on any atom is -0.484 e. The van der Waals surface area contributed by atoms with Crippen LogP contribution in [0.1, 0.15) is 11.5 Å². The van der Waals surface area contributed by atoms with Crippen LogP contribution in [0.25, 0.3) is 44.0 Å². The molecule has 2 atom stereocenters. The molecule has 2 aliphatic rings. The SMILES string of the molecule is C1=CC2c3c(c4ccccc4c4ccccc34)OC2C=C1Nc1ccc(-c2cc3occc3o2)cc1. The molecule has 8 rings (SSSR count). The summed E-state index contributed by atoms with van der Waals surface area (Å²) in [4.78, 5) is 0. The summed E-state index contributed by atoms with van der Waals surface area (Å²) >= 11 is 0. The number of furan rings is 2. The molecule has 4 aromatic carbocycles. The minimum atomic E-state index is -0.0421. The Morgan fingerprint density at radius 2 is 1.47 bits per heavy atom. The van der Waals surface area contributed by atoms with Crippen molar-refractivity contribution in [3.8, 4) is 17.1 Å². The number of allylic oxidation sites excluding steroid dienone is 1. The van der Waals surface area contributed by atoms with Gasteiger partial charge in [0.1, 0.15) is 17.6 Å². The Kier molecular flexibility index (Phi) is 4.03. The Bertz CT molecular complexity index is 1820. The second-order valence-corrected chi connectivity index (χ2v) is 9.39. The molecule has 4 nitrogen and oxygen atoms in total. The van der Waals surface area contributed by atoms with Crippen LogP contribution >= 0.6 is 0 Å². The van der Waals surface area contributed by atoms with E-state index in [0.717, 1.165) is 39.6 Å². The average Bonchev–Trinajstić information content (AvgIpc) is 3.63. The van der Waals surface area contributed by atoms with Crippen LogP contribution in [0.15, 0.2) is 124 Å². The van der Waals surface area contributed by atoms with Crippen LogP contribution in [0.4, 0.5) is 5.69 Å². The largest absolute Gasteiger partial charge is 0.484 e. The Balaban J connectivity index is 1.10. The van der Waals surface area contributed by atoms with E-state index in [1.165, 1.54) is 27.1 Å². The van der Waals surface area contributed by atoms with E-state index in [4.69, 9.17) is 13.6 Å². The standard InChI is InChI=1S/C32H21NO3/c1-3-7-24-22(5-1)23-6-2-4-8-25(23)32-31(24)26-14-13-21(17-29(26)36-32)33-20-11-9-19(10-12-20)28-18-30-27(35-28)15-16-34-30/h1-18,26,29,33H. The van der Waals surface area contributed by atoms with Gasteiger partial charge in [-0.1, -0.05) is 54.6 Å². The maximum absolute atomic E-state index is 6.61. The van der Waals surface area contributed by atoms with Crippen molar-refractivity contribution in [2.75, 3.05) is 5.32 Å². The summed E-state index contributed by atoms with van der Waals surface area (Å²) in [6.07, 6.45) is 8.23. The van der Waals surface area contributed by atoms with Gasteiger partial charge < -0.3 is 18.9 Å². The first-order valence-electron chi connectivity index (χ1n) is 12.2. The molecule has 2 unspecified atom stereocenters. The first-order valence-corrected chi connectivity index (χ1v) is 12.2. The fourth-order valence-corrected chi connectivity index (χ4v) is 5.63. The normalized spacial score (nSPS) is 18.3. The predicted molar refractivity (Wildman–Crippen MR) is 143 cm³/mol. The van der Waals surface area contributed by atoms with Gasteiger partial charge in [-0.25, -0.2) is 0 Å². The molecule has 0 spiro atoms. The van der Waals surface area contributed by atoms with E-state index >= 15 is 0 Å². The average molecular weight is 468 g/mol. The molecule has 6 aromatic rings. The number of hydrogen-bond acceptors (Lipinski definition) is 4. The highest BCUT2D eigenvalue weighted by Gasteiger charge is 2.36. The smallest absolute Gasteiger partial charge is 0.173 e. The third-order valence-electron chi connectivity index (χ3n) is 7.29. The van der Waals surface area contributed by atoms with Crippen LogP contribution in [0.5, 0.6) is 5.75 Å². The lowest BCUT2D eigenvalue weighted by Crippen LogP contribution is -2.19. The minimum absolute atomic E-state index is 0.0421. The summed E-state index contributed by atoms with van der Waals surface area (Å²) in [5.41, 5.74) is 5.85. The Morgan fingerprint density at radius 3 is 2.28 bits per heavy atom. The molecule has 1 N–H and O–H groups in total. The van der Waals surface area contributed by atoms with Crippen molar-refractivity contribution in [1.29, 1.82) is 0 Å². The topological polar surface area (TPSA) is 47.5 Å². The molecule has 36 heavy (non-hydrogen) atoms. The maximum atomic E-state index is 6.61. The number of ether oxygens (including phenoxy) is 1. The third-order valence-corrected chi connectivity index (χ3v) is 7.29. The highest BCUT2D eigenvalue weighted by atomic mass is 16.5. The lowest BCUT2D eigenvalue weighted by Gasteiger charge is -2.20. The monoisotopic (exact) mass is 467 g/mol. The highest BCUT2D eigenvalue weighted by molar-refractivity contribution is 6.13. The van der Waals surface area contributed by atoms with E-state index in [9.17, 15) is 0 Å². The van der Waals surface area contributed by atoms with Gasteiger partial charge in [0.15, 0.2) is 11.2 Å². The van der Waals surface area contributed by atoms with Crippen LogP contribution in [0, 0.1) is 0 Å². The Morgan fingerprint density at radius 1 is 0.722 bits per heavy atom. The first kappa shape index (κ1) is 19.6. The molecule has 0 bridgehead atoms. The number of rotatable bonds is 3. The van der Waals surface area contributed by atoms with Crippen LogP contribution in [-0.4, -0.2) is 6.10 Å². The van der Waals surface area contributed by atoms with Crippen molar-refractivity contribution in [2.45, 2.75) is 12.0 Å². The zero-order chi connectivity index (χ0) is 23.6. The summed E-state index contributed by atoms with van der Waals surface area (Å²) in [5, 5.41) is 8.51. The fraction of sp³-hybridized carbons (Fsp3) is 0.0625. The van der Waals surface area contributed by atoms with Gasteiger partial charge >= 0.3 is 0 Å². The zero-order valence-electron chi connectivity index (χ0n) is 19.3. The van der Waals surface area contributed by atoms with Gasteiger partial charge in [-0.3, -0.25) is 0 Å². The fourth-order valence-electron chi connectivity index (χ4n) is 5.63. The molecule has 0 saturated heterocycles. The van der Waals surface area contributed by atoms with Crippen molar-refractivity contribution >= 4 is 38.4 Å². The summed E-state index contributed by atoms with van der Waals surface area (Å²) in [5.74, 6) is 2.00. The molecule has 0 amide bonds. The highest BCUT2D eigenvalue weighted by Crippen LogP contribution is 2.50. The van der Waals surface area contributed by atoms with E-state index in [2.05, 4.69) is 96.3 Å². The van der Waals surface area contributed by atoms with Crippen molar-refractivity contribution in [2.24, 2.45) is 0 Å². The van der Waals surface area contributed by atoms with Crippen LogP contribution < -0.4 is 10.1 Å². The van der Waals surface area contributed by atoms with Gasteiger partial charge in [-0.15, -0.1) is 0 Å². The molecule has 1 aliphatic carbocycles. The molecular weight excluding hydrogens is 446 g/mol. The van der Waals surface area contributed by atoms with Gasteiger partial charge in [0.2, 0.25) is 0 Å². The maximum Gasteiger partial charge on any atom is 0.173 e. The van der Waals surface area contributed by atoms with Crippen LogP contribution in [-0.2, 0) is 0 Å². The van der Waals surface area contributed by atoms with E-state index < -0.39 is 0 Å². The van der Waals surface area contributed by atoms with Crippen molar-refractivity contribution in [3.05, 3.63) is 121 Å². The molecule has 0 saturated carbocycles. The molecule has 0 fully saturated rings. The summed E-state index contributed by atoms with van der Waals surface area (Å²) < 4.78 is 17.9. The Labute approximate surface area is 207 Å². The van der Waals surface area contributed by atoms with E-state index in [1.807, 2.05) is 12.1 Å². The van der Waals surface area contributed by atoms with Crippen molar-refractivity contribution in [3.63, 3.8) is 0 Å². The van der Waals surface area contributed by atoms with E-state index in [0.29, 0.717) is 0 Å². The quantitative estimate of drug-likeness (QED) is 0.265. The zero-order valence-corrected chi connectivity index (χ0v) is 19.3. The lowest BCUT2D eigenvalue weighted by molar-refractivity contribution is 0.270. The number of nitrogens with one attached hydrogen (secondary N) is 1. The van der Waals surface area contributed by atoms with Gasteiger partial charge in [0, 0.05) is 45.9 Å². The second kappa shape index (κ2) is 7.40. The molecule has 3 heterocycles. The molecule has 2 aromatic heterocycles. The second-order valence-electron chi connectivity index (χ2n) is 9.39. The molecule has 172 valence electrons. The van der Waals surface area contributed by atoms with E-state index in [1.54, 1.807) is 6.26 Å². The number of hydrogen-bond donors (Lipinski definition) is 1. The molecule has 1 aliphatic heterocycles. The van der Waals surface area contributed by atoms with Crippen LogP contribution in [0.2, 0.25) is 0 Å². The summed E-state index contributed by atoms with van der Waals surface area (Å²) in [6.45, 7) is 0. The van der Waals surface area contributed by atoms with E-state index in [-0.39, 0.29) is 12.0 Å². The van der Waals surface area contributed by atoms with Crippen molar-refractivity contribution in [1.82, 2.24) is 0 Å². The first-order chi connectivity index (χ1) is 17.8. The van der Waals surface area contributed by atoms with Gasteiger partial charge in [0.25, 0.3) is 0 Å². The molecule has 4 heteroatoms. The third kappa shape index (κ3) is 2.88. The lowest BCUT2D eigenvalue weighted by atomic mass is 9.86. The Hall–Kier alpha value is -4.70. The van der Waals surface area contributed by atoms with Gasteiger partial charge in [0.05, 0.1) is 6.26 Å². The molecule has 0 radical (unpaired) electrons. The molecular formula is C32H21NO3. The summed E-state index contributed by atoms with van der Waals surface area (Å²) in [7, 11) is 0. The summed E-state index contributed by atoms with van der Waals surface area (Å²) in [6, 6.07) is 29.2. The van der Waals surface area contributed by atoms with Crippen LogP contribution in [0.3, 0.4) is 0 Å². The van der Waals surface area contributed by atoms with Gasteiger partial charge in [-0.2, -0.15) is 0 Å².